The Hall–Kier alpha value is -1.99. The van der Waals surface area contributed by atoms with Crippen molar-refractivity contribution in [3.05, 3.63) is 46.2 Å². The molecule has 1 heterocycles. The molecule has 0 aliphatic rings. The second kappa shape index (κ2) is 8.59. The first kappa shape index (κ1) is 17.4. The summed E-state index contributed by atoms with van der Waals surface area (Å²) in [6, 6.07) is 10.9. The van der Waals surface area contributed by atoms with E-state index in [9.17, 15) is 9.59 Å². The molecule has 2 rings (SSSR count). The SMILES string of the molecule is CCOc1ccc(SCC(=O)NCc2ccc(C(=O)O)s2)cc1. The van der Waals surface area contributed by atoms with Crippen LogP contribution in [0.1, 0.15) is 21.5 Å². The van der Waals surface area contributed by atoms with Gasteiger partial charge in [0, 0.05) is 9.77 Å². The predicted octanol–water partition coefficient (Wildman–Crippen LogP) is 3.25. The van der Waals surface area contributed by atoms with Crippen molar-refractivity contribution in [2.45, 2.75) is 18.4 Å². The number of nitrogens with one attached hydrogen (secondary N) is 1. The van der Waals surface area contributed by atoms with Crippen molar-refractivity contribution in [3.8, 4) is 5.75 Å². The third-order valence-electron chi connectivity index (χ3n) is 2.84. The van der Waals surface area contributed by atoms with Crippen LogP contribution in [0.4, 0.5) is 0 Å². The van der Waals surface area contributed by atoms with Crippen molar-refractivity contribution in [1.82, 2.24) is 5.32 Å². The van der Waals surface area contributed by atoms with E-state index in [0.717, 1.165) is 15.5 Å². The summed E-state index contributed by atoms with van der Waals surface area (Å²) < 4.78 is 5.36. The van der Waals surface area contributed by atoms with E-state index >= 15 is 0 Å². The first-order valence-corrected chi connectivity index (χ1v) is 8.83. The van der Waals surface area contributed by atoms with Gasteiger partial charge in [0.15, 0.2) is 0 Å². The van der Waals surface area contributed by atoms with Gasteiger partial charge in [0.1, 0.15) is 10.6 Å². The zero-order chi connectivity index (χ0) is 16.7. The van der Waals surface area contributed by atoms with Crippen LogP contribution in [0.15, 0.2) is 41.3 Å². The van der Waals surface area contributed by atoms with E-state index < -0.39 is 5.97 Å². The van der Waals surface area contributed by atoms with Gasteiger partial charge in [0.2, 0.25) is 5.91 Å². The molecule has 5 nitrogen and oxygen atoms in total. The highest BCUT2D eigenvalue weighted by molar-refractivity contribution is 8.00. The Bertz CT molecular complexity index is 667. The smallest absolute Gasteiger partial charge is 0.345 e. The zero-order valence-electron chi connectivity index (χ0n) is 12.6. The molecule has 0 aliphatic heterocycles. The number of benzene rings is 1. The molecule has 0 aliphatic carbocycles. The fraction of sp³-hybridized carbons (Fsp3) is 0.250. The lowest BCUT2D eigenvalue weighted by Crippen LogP contribution is -2.24. The van der Waals surface area contributed by atoms with Gasteiger partial charge in [-0.05, 0) is 43.3 Å². The summed E-state index contributed by atoms with van der Waals surface area (Å²) in [5.41, 5.74) is 0. The van der Waals surface area contributed by atoms with Crippen LogP contribution < -0.4 is 10.1 Å². The van der Waals surface area contributed by atoms with Crippen molar-refractivity contribution in [1.29, 1.82) is 0 Å². The number of rotatable bonds is 8. The largest absolute Gasteiger partial charge is 0.494 e. The quantitative estimate of drug-likeness (QED) is 0.714. The molecule has 1 aromatic heterocycles. The highest BCUT2D eigenvalue weighted by atomic mass is 32.2. The van der Waals surface area contributed by atoms with E-state index in [2.05, 4.69) is 5.32 Å². The average molecular weight is 351 g/mol. The van der Waals surface area contributed by atoms with Crippen molar-refractivity contribution in [3.63, 3.8) is 0 Å². The van der Waals surface area contributed by atoms with E-state index in [-0.39, 0.29) is 10.8 Å². The van der Waals surface area contributed by atoms with E-state index in [0.29, 0.717) is 18.9 Å². The number of ether oxygens (including phenoxy) is 1. The van der Waals surface area contributed by atoms with Gasteiger partial charge in [-0.1, -0.05) is 0 Å². The maximum Gasteiger partial charge on any atom is 0.345 e. The van der Waals surface area contributed by atoms with Crippen LogP contribution in [0.5, 0.6) is 5.75 Å². The summed E-state index contributed by atoms with van der Waals surface area (Å²) in [4.78, 5) is 24.7. The molecule has 0 saturated carbocycles. The van der Waals surface area contributed by atoms with Gasteiger partial charge in [0.25, 0.3) is 0 Å². The predicted molar refractivity (Wildman–Crippen MR) is 91.5 cm³/mol. The molecule has 2 aromatic rings. The van der Waals surface area contributed by atoms with Gasteiger partial charge < -0.3 is 15.2 Å². The number of hydrogen-bond acceptors (Lipinski definition) is 5. The number of aromatic carboxylic acids is 1. The van der Waals surface area contributed by atoms with Gasteiger partial charge in [-0.2, -0.15) is 0 Å². The van der Waals surface area contributed by atoms with Crippen LogP contribution in [0.2, 0.25) is 0 Å². The Morgan fingerprint density at radius 1 is 1.22 bits per heavy atom. The van der Waals surface area contributed by atoms with Crippen LogP contribution in [0.25, 0.3) is 0 Å². The second-order valence-electron chi connectivity index (χ2n) is 4.54. The molecule has 23 heavy (non-hydrogen) atoms. The fourth-order valence-corrected chi connectivity index (χ4v) is 3.29. The van der Waals surface area contributed by atoms with Crippen molar-refractivity contribution >= 4 is 35.0 Å². The van der Waals surface area contributed by atoms with Crippen molar-refractivity contribution < 1.29 is 19.4 Å². The molecule has 122 valence electrons. The lowest BCUT2D eigenvalue weighted by Gasteiger charge is -2.05. The summed E-state index contributed by atoms with van der Waals surface area (Å²) in [5.74, 6) is 0.0894. The highest BCUT2D eigenvalue weighted by Crippen LogP contribution is 2.21. The summed E-state index contributed by atoms with van der Waals surface area (Å²) in [6.45, 7) is 2.90. The normalized spacial score (nSPS) is 10.3. The Balaban J connectivity index is 1.75. The minimum absolute atomic E-state index is 0.0887. The van der Waals surface area contributed by atoms with E-state index in [4.69, 9.17) is 9.84 Å². The number of hydrogen-bond donors (Lipinski definition) is 2. The standard InChI is InChI=1S/C16H17NO4S2/c1-2-21-11-3-5-12(6-4-11)22-10-15(18)17-9-13-7-8-14(23-13)16(19)20/h3-8H,2,9-10H2,1H3,(H,17,18)(H,19,20). The summed E-state index contributed by atoms with van der Waals surface area (Å²) in [6.07, 6.45) is 0. The first-order chi connectivity index (χ1) is 11.1. The van der Waals surface area contributed by atoms with E-state index in [1.54, 1.807) is 12.1 Å². The lowest BCUT2D eigenvalue weighted by molar-refractivity contribution is -0.118. The second-order valence-corrected chi connectivity index (χ2v) is 6.76. The van der Waals surface area contributed by atoms with Crippen LogP contribution in [0.3, 0.4) is 0 Å². The van der Waals surface area contributed by atoms with Crippen molar-refractivity contribution in [2.75, 3.05) is 12.4 Å². The third kappa shape index (κ3) is 5.61. The van der Waals surface area contributed by atoms with E-state index in [1.165, 1.54) is 23.1 Å². The molecule has 0 fully saturated rings. The number of amides is 1. The van der Waals surface area contributed by atoms with Gasteiger partial charge in [0.05, 0.1) is 18.9 Å². The highest BCUT2D eigenvalue weighted by Gasteiger charge is 2.08. The van der Waals surface area contributed by atoms with Crippen LogP contribution in [-0.4, -0.2) is 29.3 Å². The molecule has 0 saturated heterocycles. The number of thiophene rings is 1. The Kier molecular flexibility index (Phi) is 6.49. The van der Waals surface area contributed by atoms with Crippen molar-refractivity contribution in [2.24, 2.45) is 0 Å². The Morgan fingerprint density at radius 2 is 1.96 bits per heavy atom. The van der Waals surface area contributed by atoms with Crippen LogP contribution in [-0.2, 0) is 11.3 Å². The third-order valence-corrected chi connectivity index (χ3v) is 4.92. The Labute approximate surface area is 142 Å². The molecular formula is C16H17NO4S2. The number of carboxylic acid groups (broad SMARTS) is 1. The van der Waals surface area contributed by atoms with Gasteiger partial charge in [-0.25, -0.2) is 4.79 Å². The molecule has 0 unspecified atom stereocenters. The molecule has 0 radical (unpaired) electrons. The lowest BCUT2D eigenvalue weighted by atomic mass is 10.3. The van der Waals surface area contributed by atoms with Gasteiger partial charge in [-0.3, -0.25) is 4.79 Å². The molecular weight excluding hydrogens is 334 g/mol. The maximum atomic E-state index is 11.8. The monoisotopic (exact) mass is 351 g/mol. The summed E-state index contributed by atoms with van der Waals surface area (Å²) in [7, 11) is 0. The molecule has 0 spiro atoms. The maximum absolute atomic E-state index is 11.8. The first-order valence-electron chi connectivity index (χ1n) is 7.03. The van der Waals surface area contributed by atoms with Crippen LogP contribution >= 0.6 is 23.1 Å². The minimum Gasteiger partial charge on any atom is -0.494 e. The van der Waals surface area contributed by atoms with Gasteiger partial charge >= 0.3 is 5.97 Å². The number of carbonyl (C=O) groups excluding carboxylic acids is 1. The Morgan fingerprint density at radius 3 is 2.57 bits per heavy atom. The number of carboxylic acids is 1. The number of thioether (sulfide) groups is 1. The molecule has 0 bridgehead atoms. The topological polar surface area (TPSA) is 75.6 Å². The van der Waals surface area contributed by atoms with Gasteiger partial charge in [-0.15, -0.1) is 23.1 Å². The average Bonchev–Trinajstić information content (AvgIpc) is 3.02. The molecule has 2 N–H and O–H groups in total. The molecule has 0 atom stereocenters. The molecule has 1 aromatic carbocycles. The minimum atomic E-state index is -0.946. The summed E-state index contributed by atoms with van der Waals surface area (Å²) in [5, 5.41) is 11.6. The molecule has 7 heteroatoms. The zero-order valence-corrected chi connectivity index (χ0v) is 14.2. The molecule has 1 amide bonds. The fourth-order valence-electron chi connectivity index (χ4n) is 1.77. The number of carbonyl (C=O) groups is 2. The van der Waals surface area contributed by atoms with E-state index in [1.807, 2.05) is 31.2 Å². The van der Waals surface area contributed by atoms with Crippen LogP contribution in [0, 0.1) is 0 Å². The summed E-state index contributed by atoms with van der Waals surface area (Å²) >= 11 is 2.61.